The molecule has 0 saturated heterocycles. The molecule has 0 unspecified atom stereocenters. The molecule has 18 heavy (non-hydrogen) atoms. The van der Waals surface area contributed by atoms with Gasteiger partial charge >= 0.3 is 0 Å². The van der Waals surface area contributed by atoms with E-state index in [9.17, 15) is 0 Å². The van der Waals surface area contributed by atoms with Gasteiger partial charge in [-0.1, -0.05) is 13.8 Å². The molecule has 0 fully saturated rings. The first-order valence-electron chi connectivity index (χ1n) is 5.85. The molecule has 0 spiro atoms. The summed E-state index contributed by atoms with van der Waals surface area (Å²) >= 11 is 2.89. The van der Waals surface area contributed by atoms with Crippen LogP contribution in [0.1, 0.15) is 31.9 Å². The second kappa shape index (κ2) is 6.10. The minimum atomic E-state index is 0.510. The zero-order chi connectivity index (χ0) is 13.0. The number of aromatic nitrogens is 4. The number of hydrogen-bond donors (Lipinski definition) is 1. The van der Waals surface area contributed by atoms with Gasteiger partial charge in [0.05, 0.1) is 0 Å². The third kappa shape index (κ3) is 3.39. The molecule has 0 aliphatic rings. The lowest BCUT2D eigenvalue weighted by molar-refractivity contribution is 0.813. The van der Waals surface area contributed by atoms with Gasteiger partial charge in [0.1, 0.15) is 22.5 Å². The molecule has 96 valence electrons. The van der Waals surface area contributed by atoms with Crippen LogP contribution in [0.3, 0.4) is 0 Å². The molecule has 7 heteroatoms. The van der Waals surface area contributed by atoms with E-state index in [1.54, 1.807) is 6.07 Å². The summed E-state index contributed by atoms with van der Waals surface area (Å²) < 4.78 is 5.14. The Hall–Kier alpha value is -1.21. The Bertz CT molecular complexity index is 526. The lowest BCUT2D eigenvalue weighted by Crippen LogP contribution is -2.00. The first-order valence-corrected chi connectivity index (χ1v) is 7.44. The molecule has 0 amide bonds. The molecule has 2 aromatic rings. The summed E-state index contributed by atoms with van der Waals surface area (Å²) in [6.45, 7) is 4.14. The molecular formula is C11H15N5S2. The Morgan fingerprint density at radius 3 is 2.72 bits per heavy atom. The van der Waals surface area contributed by atoms with E-state index in [2.05, 4.69) is 26.2 Å². The van der Waals surface area contributed by atoms with Crippen LogP contribution >= 0.6 is 23.3 Å². The predicted octanol–water partition coefficient (Wildman–Crippen LogP) is 2.58. The van der Waals surface area contributed by atoms with Crippen LogP contribution < -0.4 is 5.73 Å². The largest absolute Gasteiger partial charge is 0.384 e. The van der Waals surface area contributed by atoms with Crippen molar-refractivity contribution in [1.29, 1.82) is 0 Å². The van der Waals surface area contributed by atoms with Crippen molar-refractivity contribution in [3.63, 3.8) is 0 Å². The van der Waals surface area contributed by atoms with E-state index in [1.165, 1.54) is 23.3 Å². The maximum atomic E-state index is 5.78. The number of aryl methyl sites for hydroxylation is 2. The summed E-state index contributed by atoms with van der Waals surface area (Å²) in [7, 11) is 0. The van der Waals surface area contributed by atoms with Crippen LogP contribution in [-0.4, -0.2) is 19.3 Å². The lowest BCUT2D eigenvalue weighted by atomic mass is 10.3. The highest BCUT2D eigenvalue weighted by Gasteiger charge is 2.08. The van der Waals surface area contributed by atoms with Crippen molar-refractivity contribution in [1.82, 2.24) is 19.3 Å². The molecule has 0 bridgehead atoms. The molecule has 0 saturated carbocycles. The SMILES string of the molecule is CCCc1nc(N)cc(Sc2nc(CC)ns2)n1. The van der Waals surface area contributed by atoms with E-state index < -0.39 is 0 Å². The van der Waals surface area contributed by atoms with Gasteiger partial charge in [0.15, 0.2) is 4.34 Å². The van der Waals surface area contributed by atoms with Gasteiger partial charge in [-0.05, 0) is 29.7 Å². The van der Waals surface area contributed by atoms with Crippen molar-refractivity contribution in [3.8, 4) is 0 Å². The highest BCUT2D eigenvalue weighted by Crippen LogP contribution is 2.28. The topological polar surface area (TPSA) is 77.6 Å². The average molecular weight is 281 g/mol. The summed E-state index contributed by atoms with van der Waals surface area (Å²) in [5.41, 5.74) is 5.78. The molecule has 2 rings (SSSR count). The lowest BCUT2D eigenvalue weighted by Gasteiger charge is -2.02. The Balaban J connectivity index is 2.17. The molecule has 0 atom stereocenters. The first kappa shape index (κ1) is 13.2. The van der Waals surface area contributed by atoms with Crippen LogP contribution in [-0.2, 0) is 12.8 Å². The maximum absolute atomic E-state index is 5.78. The second-order valence-corrected chi connectivity index (χ2v) is 5.75. The molecular weight excluding hydrogens is 266 g/mol. The molecule has 2 N–H and O–H groups in total. The maximum Gasteiger partial charge on any atom is 0.176 e. The number of nitrogens with zero attached hydrogens (tertiary/aromatic N) is 4. The van der Waals surface area contributed by atoms with Gasteiger partial charge < -0.3 is 5.73 Å². The van der Waals surface area contributed by atoms with Gasteiger partial charge in [0.2, 0.25) is 0 Å². The molecule has 5 nitrogen and oxygen atoms in total. The highest BCUT2D eigenvalue weighted by atomic mass is 32.2. The monoisotopic (exact) mass is 281 g/mol. The van der Waals surface area contributed by atoms with Crippen molar-refractivity contribution < 1.29 is 0 Å². The Morgan fingerprint density at radius 1 is 1.22 bits per heavy atom. The van der Waals surface area contributed by atoms with E-state index in [-0.39, 0.29) is 0 Å². The fourth-order valence-electron chi connectivity index (χ4n) is 1.39. The van der Waals surface area contributed by atoms with E-state index in [0.717, 1.165) is 40.3 Å². The second-order valence-electron chi connectivity index (χ2n) is 3.73. The standard InChI is InChI=1S/C11H15N5S2/c1-3-5-9-13-7(12)6-10(14-9)17-11-15-8(4-2)16-18-11/h6H,3-5H2,1-2H3,(H2,12,13,14). The average Bonchev–Trinajstić information content (AvgIpc) is 2.76. The van der Waals surface area contributed by atoms with E-state index in [4.69, 9.17) is 5.73 Å². The van der Waals surface area contributed by atoms with Crippen LogP contribution in [0.4, 0.5) is 5.82 Å². The molecule has 2 heterocycles. The summed E-state index contributed by atoms with van der Waals surface area (Å²) in [6.07, 6.45) is 2.70. The molecule has 0 aliphatic carbocycles. The summed E-state index contributed by atoms with van der Waals surface area (Å²) in [5, 5.41) is 0.838. The van der Waals surface area contributed by atoms with Crippen LogP contribution in [0.5, 0.6) is 0 Å². The molecule has 0 aliphatic heterocycles. The quantitative estimate of drug-likeness (QED) is 0.849. The fourth-order valence-corrected chi connectivity index (χ4v) is 3.07. The normalized spacial score (nSPS) is 10.8. The van der Waals surface area contributed by atoms with Crippen LogP contribution in [0.25, 0.3) is 0 Å². The van der Waals surface area contributed by atoms with Gasteiger partial charge in [-0.3, -0.25) is 0 Å². The van der Waals surface area contributed by atoms with Crippen molar-refractivity contribution in [3.05, 3.63) is 17.7 Å². The van der Waals surface area contributed by atoms with Crippen LogP contribution in [0, 0.1) is 0 Å². The number of nitrogens with two attached hydrogens (primary N) is 1. The molecule has 2 aromatic heterocycles. The van der Waals surface area contributed by atoms with Gasteiger partial charge in [-0.2, -0.15) is 4.37 Å². The highest BCUT2D eigenvalue weighted by molar-refractivity contribution is 8.00. The summed E-state index contributed by atoms with van der Waals surface area (Å²) in [6, 6.07) is 1.77. The first-order chi connectivity index (χ1) is 8.71. The van der Waals surface area contributed by atoms with E-state index in [0.29, 0.717) is 5.82 Å². The van der Waals surface area contributed by atoms with Gasteiger partial charge in [0.25, 0.3) is 0 Å². The predicted molar refractivity (Wildman–Crippen MR) is 73.8 cm³/mol. The Kier molecular flexibility index (Phi) is 4.48. The third-order valence-corrected chi connectivity index (χ3v) is 3.91. The minimum absolute atomic E-state index is 0.510. The van der Waals surface area contributed by atoms with E-state index in [1.807, 2.05) is 6.92 Å². The number of rotatable bonds is 5. The van der Waals surface area contributed by atoms with Gasteiger partial charge in [-0.25, -0.2) is 15.0 Å². The van der Waals surface area contributed by atoms with E-state index >= 15 is 0 Å². The third-order valence-electron chi connectivity index (χ3n) is 2.20. The minimum Gasteiger partial charge on any atom is -0.384 e. The van der Waals surface area contributed by atoms with Crippen LogP contribution in [0.15, 0.2) is 15.4 Å². The molecule has 0 aromatic carbocycles. The fraction of sp³-hybridized carbons (Fsp3) is 0.455. The Morgan fingerprint density at radius 2 is 2.06 bits per heavy atom. The summed E-state index contributed by atoms with van der Waals surface area (Å²) in [5.74, 6) is 2.18. The van der Waals surface area contributed by atoms with Gasteiger partial charge in [-0.15, -0.1) is 0 Å². The van der Waals surface area contributed by atoms with Gasteiger partial charge in [0, 0.05) is 18.9 Å². The van der Waals surface area contributed by atoms with Crippen molar-refractivity contribution >= 4 is 29.1 Å². The summed E-state index contributed by atoms with van der Waals surface area (Å²) in [4.78, 5) is 13.1. The zero-order valence-electron chi connectivity index (χ0n) is 10.4. The molecule has 0 radical (unpaired) electrons. The zero-order valence-corrected chi connectivity index (χ0v) is 12.0. The number of nitrogen functional groups attached to an aromatic ring is 1. The number of hydrogen-bond acceptors (Lipinski definition) is 7. The van der Waals surface area contributed by atoms with Crippen molar-refractivity contribution in [2.45, 2.75) is 42.5 Å². The van der Waals surface area contributed by atoms with Crippen LogP contribution in [0.2, 0.25) is 0 Å². The van der Waals surface area contributed by atoms with Crippen molar-refractivity contribution in [2.75, 3.05) is 5.73 Å². The smallest absolute Gasteiger partial charge is 0.176 e. The number of anilines is 1. The Labute approximate surface area is 114 Å². The van der Waals surface area contributed by atoms with Crippen molar-refractivity contribution in [2.24, 2.45) is 0 Å².